The van der Waals surface area contributed by atoms with Crippen LogP contribution in [-0.4, -0.2) is 12.5 Å². The van der Waals surface area contributed by atoms with E-state index in [2.05, 4.69) is 19.2 Å². The molecule has 1 amide bonds. The largest absolute Gasteiger partial charge is 0.352 e. The fraction of sp³-hybridized carbons (Fsp3) is 0.500. The molecule has 0 radical (unpaired) electrons. The molecule has 1 aromatic carbocycles. The average Bonchev–Trinajstić information content (AvgIpc) is 2.34. The van der Waals surface area contributed by atoms with Crippen LogP contribution in [0.4, 0.5) is 0 Å². The number of carbonyl (C=O) groups excluding carboxylic acids is 1. The fourth-order valence-corrected chi connectivity index (χ4v) is 2.05. The molecule has 1 aromatic rings. The van der Waals surface area contributed by atoms with Crippen LogP contribution in [0.3, 0.4) is 0 Å². The van der Waals surface area contributed by atoms with Crippen molar-refractivity contribution in [1.29, 1.82) is 0 Å². The molecule has 0 aliphatic rings. The molecule has 100 valence electrons. The molecule has 0 saturated heterocycles. The van der Waals surface area contributed by atoms with Gasteiger partial charge < -0.3 is 11.1 Å². The predicted molar refractivity (Wildman–Crippen MR) is 75.3 cm³/mol. The number of hydrogen-bond donors (Lipinski definition) is 2. The fourth-order valence-electron chi connectivity index (χ4n) is 1.85. The van der Waals surface area contributed by atoms with Gasteiger partial charge in [0.1, 0.15) is 0 Å². The summed E-state index contributed by atoms with van der Waals surface area (Å²) in [5, 5.41) is 3.56. The van der Waals surface area contributed by atoms with E-state index in [-0.39, 0.29) is 11.8 Å². The summed E-state index contributed by atoms with van der Waals surface area (Å²) in [6.45, 7) is 5.01. The Kier molecular flexibility index (Phi) is 6.16. The maximum atomic E-state index is 12.0. The number of amides is 1. The smallest absolute Gasteiger partial charge is 0.224 e. The maximum Gasteiger partial charge on any atom is 0.224 e. The van der Waals surface area contributed by atoms with Gasteiger partial charge in [0.15, 0.2) is 0 Å². The Labute approximate surface area is 114 Å². The van der Waals surface area contributed by atoms with Gasteiger partial charge in [0.2, 0.25) is 5.91 Å². The summed E-state index contributed by atoms with van der Waals surface area (Å²) < 4.78 is 0. The van der Waals surface area contributed by atoms with Gasteiger partial charge in [-0.15, -0.1) is 0 Å². The van der Waals surface area contributed by atoms with Gasteiger partial charge in [-0.25, -0.2) is 0 Å². The highest BCUT2D eigenvalue weighted by atomic mass is 35.5. The summed E-state index contributed by atoms with van der Waals surface area (Å²) in [4.78, 5) is 12.0. The molecule has 0 heterocycles. The molecule has 4 heteroatoms. The lowest BCUT2D eigenvalue weighted by Gasteiger charge is -2.17. The molecule has 0 fully saturated rings. The Morgan fingerprint density at radius 1 is 1.39 bits per heavy atom. The molecule has 18 heavy (non-hydrogen) atoms. The molecule has 0 aromatic heterocycles. The van der Waals surface area contributed by atoms with Gasteiger partial charge in [-0.2, -0.15) is 0 Å². The van der Waals surface area contributed by atoms with Crippen LogP contribution in [0.2, 0.25) is 5.02 Å². The summed E-state index contributed by atoms with van der Waals surface area (Å²) >= 11 is 6.03. The van der Waals surface area contributed by atoms with Crippen LogP contribution in [0, 0.1) is 11.8 Å². The lowest BCUT2D eigenvalue weighted by atomic mass is 9.96. The van der Waals surface area contributed by atoms with Crippen LogP contribution in [-0.2, 0) is 11.3 Å². The third kappa shape index (κ3) is 4.67. The minimum Gasteiger partial charge on any atom is -0.352 e. The molecule has 0 bridgehead atoms. The van der Waals surface area contributed by atoms with Crippen molar-refractivity contribution in [2.75, 3.05) is 6.54 Å². The van der Waals surface area contributed by atoms with Crippen LogP contribution < -0.4 is 11.1 Å². The summed E-state index contributed by atoms with van der Waals surface area (Å²) in [7, 11) is 0. The van der Waals surface area contributed by atoms with E-state index in [1.54, 1.807) is 0 Å². The first-order chi connectivity index (χ1) is 8.54. The van der Waals surface area contributed by atoms with Crippen molar-refractivity contribution >= 4 is 17.5 Å². The monoisotopic (exact) mass is 268 g/mol. The van der Waals surface area contributed by atoms with E-state index in [0.717, 1.165) is 12.0 Å². The van der Waals surface area contributed by atoms with Crippen molar-refractivity contribution in [2.45, 2.75) is 26.8 Å². The van der Waals surface area contributed by atoms with Crippen LogP contribution in [0.1, 0.15) is 25.8 Å². The van der Waals surface area contributed by atoms with Crippen LogP contribution in [0.5, 0.6) is 0 Å². The van der Waals surface area contributed by atoms with Gasteiger partial charge >= 0.3 is 0 Å². The average molecular weight is 269 g/mol. The molecule has 1 atom stereocenters. The first-order valence-corrected chi connectivity index (χ1v) is 6.63. The number of carbonyl (C=O) groups is 1. The Balaban J connectivity index is 2.52. The highest BCUT2D eigenvalue weighted by molar-refractivity contribution is 6.31. The highest BCUT2D eigenvalue weighted by Crippen LogP contribution is 2.15. The second kappa shape index (κ2) is 7.39. The SMILES string of the molecule is CC(C)CC(CN)C(=O)NCc1ccccc1Cl. The summed E-state index contributed by atoms with van der Waals surface area (Å²) in [6.07, 6.45) is 0.810. The van der Waals surface area contributed by atoms with Crippen molar-refractivity contribution < 1.29 is 4.79 Å². The van der Waals surface area contributed by atoms with Gasteiger partial charge in [0.25, 0.3) is 0 Å². The summed E-state index contributed by atoms with van der Waals surface area (Å²) in [6, 6.07) is 7.50. The van der Waals surface area contributed by atoms with E-state index in [4.69, 9.17) is 17.3 Å². The summed E-state index contributed by atoms with van der Waals surface area (Å²) in [5.74, 6) is 0.350. The second-order valence-corrected chi connectivity index (χ2v) is 5.28. The van der Waals surface area contributed by atoms with Crippen molar-refractivity contribution in [1.82, 2.24) is 5.32 Å². The van der Waals surface area contributed by atoms with E-state index >= 15 is 0 Å². The van der Waals surface area contributed by atoms with E-state index in [9.17, 15) is 4.79 Å². The molecule has 1 unspecified atom stereocenters. The lowest BCUT2D eigenvalue weighted by molar-refractivity contribution is -0.125. The molecule has 0 aliphatic carbocycles. The van der Waals surface area contributed by atoms with Gasteiger partial charge in [-0.05, 0) is 24.0 Å². The van der Waals surface area contributed by atoms with Crippen LogP contribution in [0.25, 0.3) is 0 Å². The Morgan fingerprint density at radius 3 is 2.61 bits per heavy atom. The minimum atomic E-state index is -0.118. The standard InChI is InChI=1S/C14H21ClN2O/c1-10(2)7-12(8-16)14(18)17-9-11-5-3-4-6-13(11)15/h3-6,10,12H,7-9,16H2,1-2H3,(H,17,18). The first-order valence-electron chi connectivity index (χ1n) is 6.25. The number of benzene rings is 1. The van der Waals surface area contributed by atoms with Crippen molar-refractivity contribution in [3.63, 3.8) is 0 Å². The molecular weight excluding hydrogens is 248 g/mol. The van der Waals surface area contributed by atoms with Crippen molar-refractivity contribution in [3.8, 4) is 0 Å². The molecule has 0 spiro atoms. The number of nitrogens with two attached hydrogens (primary N) is 1. The molecule has 0 aliphatic heterocycles. The van der Waals surface area contributed by atoms with E-state index in [1.807, 2.05) is 24.3 Å². The Hall–Kier alpha value is -1.06. The Morgan fingerprint density at radius 2 is 2.06 bits per heavy atom. The first kappa shape index (κ1) is 15.0. The van der Waals surface area contributed by atoms with Gasteiger partial charge in [0.05, 0.1) is 5.92 Å². The zero-order chi connectivity index (χ0) is 13.5. The zero-order valence-corrected chi connectivity index (χ0v) is 11.7. The molecule has 1 rings (SSSR count). The van der Waals surface area contributed by atoms with Gasteiger partial charge in [-0.3, -0.25) is 4.79 Å². The van der Waals surface area contributed by atoms with Gasteiger partial charge in [-0.1, -0.05) is 43.6 Å². The molecular formula is C14H21ClN2O. The predicted octanol–water partition coefficient (Wildman–Crippen LogP) is 2.58. The third-order valence-corrected chi connectivity index (χ3v) is 3.19. The molecule has 3 N–H and O–H groups in total. The van der Waals surface area contributed by atoms with Crippen molar-refractivity contribution in [3.05, 3.63) is 34.9 Å². The van der Waals surface area contributed by atoms with Crippen molar-refractivity contribution in [2.24, 2.45) is 17.6 Å². The van der Waals surface area contributed by atoms with Crippen LogP contribution >= 0.6 is 11.6 Å². The second-order valence-electron chi connectivity index (χ2n) is 4.87. The number of hydrogen-bond acceptors (Lipinski definition) is 2. The van der Waals surface area contributed by atoms with E-state index < -0.39 is 0 Å². The zero-order valence-electron chi connectivity index (χ0n) is 10.9. The lowest BCUT2D eigenvalue weighted by Crippen LogP contribution is -2.35. The van der Waals surface area contributed by atoms with Gasteiger partial charge in [0, 0.05) is 18.1 Å². The quantitative estimate of drug-likeness (QED) is 0.833. The van der Waals surface area contributed by atoms with E-state index in [0.29, 0.717) is 24.0 Å². The highest BCUT2D eigenvalue weighted by Gasteiger charge is 2.17. The summed E-state index contributed by atoms with van der Waals surface area (Å²) in [5.41, 5.74) is 6.56. The number of nitrogens with one attached hydrogen (secondary N) is 1. The van der Waals surface area contributed by atoms with Crippen LogP contribution in [0.15, 0.2) is 24.3 Å². The minimum absolute atomic E-state index is 0.00567. The normalized spacial score (nSPS) is 12.5. The maximum absolute atomic E-state index is 12.0. The molecule has 3 nitrogen and oxygen atoms in total. The van der Waals surface area contributed by atoms with E-state index in [1.165, 1.54) is 0 Å². The Bertz CT molecular complexity index is 393. The number of rotatable bonds is 6. The number of halogens is 1. The third-order valence-electron chi connectivity index (χ3n) is 2.82. The molecule has 0 saturated carbocycles. The topological polar surface area (TPSA) is 55.1 Å².